The first-order valence-corrected chi connectivity index (χ1v) is 4.66. The van der Waals surface area contributed by atoms with E-state index in [0.29, 0.717) is 5.54 Å². The van der Waals surface area contributed by atoms with Crippen LogP contribution in [-0.4, -0.2) is 36.1 Å². The molecule has 0 aromatic heterocycles. The molecule has 1 N–H and O–H groups in total. The van der Waals surface area contributed by atoms with E-state index in [-0.39, 0.29) is 0 Å². The van der Waals surface area contributed by atoms with Crippen molar-refractivity contribution < 1.29 is 0 Å². The van der Waals surface area contributed by atoms with Crippen molar-refractivity contribution in [3.63, 3.8) is 0 Å². The molecule has 2 unspecified atom stereocenters. The van der Waals surface area contributed by atoms with Crippen LogP contribution < -0.4 is 5.32 Å². The fraction of sp³-hybridized carbons (Fsp3) is 1.00. The Balaban J connectivity index is 2.05. The van der Waals surface area contributed by atoms with Gasteiger partial charge < -0.3 is 5.32 Å². The lowest BCUT2D eigenvalue weighted by molar-refractivity contribution is 0.0819. The molecule has 2 saturated heterocycles. The smallest absolute Gasteiger partial charge is 0.0255 e. The highest BCUT2D eigenvalue weighted by molar-refractivity contribution is 4.94. The van der Waals surface area contributed by atoms with E-state index in [4.69, 9.17) is 0 Å². The number of piperidine rings is 1. The van der Waals surface area contributed by atoms with Gasteiger partial charge in [-0.3, -0.25) is 4.90 Å². The lowest BCUT2D eigenvalue weighted by atomic mass is 9.93. The fourth-order valence-corrected chi connectivity index (χ4v) is 2.47. The average molecular weight is 154 g/mol. The number of nitrogens with zero attached hydrogens (tertiary/aromatic N) is 1. The van der Waals surface area contributed by atoms with Gasteiger partial charge in [0.1, 0.15) is 0 Å². The molecule has 2 heterocycles. The Bertz CT molecular complexity index is 140. The van der Waals surface area contributed by atoms with Crippen molar-refractivity contribution >= 4 is 0 Å². The van der Waals surface area contributed by atoms with E-state index in [9.17, 15) is 0 Å². The van der Waals surface area contributed by atoms with Gasteiger partial charge in [-0.1, -0.05) is 0 Å². The van der Waals surface area contributed by atoms with E-state index in [2.05, 4.69) is 24.1 Å². The number of piperazine rings is 1. The maximum Gasteiger partial charge on any atom is 0.0255 e. The Kier molecular flexibility index (Phi) is 1.69. The van der Waals surface area contributed by atoms with Crippen molar-refractivity contribution in [1.29, 1.82) is 0 Å². The largest absolute Gasteiger partial charge is 0.306 e. The molecule has 2 nitrogen and oxygen atoms in total. The van der Waals surface area contributed by atoms with Crippen LogP contribution in [0.5, 0.6) is 0 Å². The van der Waals surface area contributed by atoms with Crippen molar-refractivity contribution in [3.05, 3.63) is 0 Å². The van der Waals surface area contributed by atoms with E-state index < -0.39 is 0 Å². The second-order valence-electron chi connectivity index (χ2n) is 4.60. The van der Waals surface area contributed by atoms with Gasteiger partial charge >= 0.3 is 0 Å². The summed E-state index contributed by atoms with van der Waals surface area (Å²) in [5.41, 5.74) is 0.351. The summed E-state index contributed by atoms with van der Waals surface area (Å²) in [6.07, 6.45) is 2.76. The first-order valence-electron chi connectivity index (χ1n) is 4.66. The van der Waals surface area contributed by atoms with E-state index in [1.165, 1.54) is 32.5 Å². The Morgan fingerprint density at radius 1 is 1.45 bits per heavy atom. The fourth-order valence-electron chi connectivity index (χ4n) is 2.47. The lowest BCUT2D eigenvalue weighted by Gasteiger charge is -2.47. The van der Waals surface area contributed by atoms with Crippen LogP contribution >= 0.6 is 0 Å². The number of hydrogen-bond acceptors (Lipinski definition) is 2. The molecule has 2 aliphatic heterocycles. The van der Waals surface area contributed by atoms with Crippen LogP contribution in [0.1, 0.15) is 26.7 Å². The standard InChI is InChI=1S/C9H18N2/c1-9(2)7-11-5-3-4-8(6-11)10-9/h8,10H,3-7H2,1-2H3. The molecule has 0 aromatic rings. The van der Waals surface area contributed by atoms with Crippen LogP contribution in [0.4, 0.5) is 0 Å². The minimum atomic E-state index is 0.351. The summed E-state index contributed by atoms with van der Waals surface area (Å²) < 4.78 is 0. The molecule has 0 radical (unpaired) electrons. The highest BCUT2D eigenvalue weighted by Gasteiger charge is 2.33. The molecular formula is C9H18N2. The molecule has 2 bridgehead atoms. The zero-order valence-corrected chi connectivity index (χ0v) is 7.56. The summed E-state index contributed by atoms with van der Waals surface area (Å²) in [5, 5.41) is 3.68. The minimum Gasteiger partial charge on any atom is -0.306 e. The van der Waals surface area contributed by atoms with Gasteiger partial charge in [-0.15, -0.1) is 0 Å². The molecule has 64 valence electrons. The average Bonchev–Trinajstić information content (AvgIpc) is 1.82. The summed E-state index contributed by atoms with van der Waals surface area (Å²) in [4.78, 5) is 2.59. The third-order valence-electron chi connectivity index (χ3n) is 2.72. The Labute approximate surface area is 69.0 Å². The SMILES string of the molecule is CC1(C)CN2CCCC(C2)N1. The third kappa shape index (κ3) is 1.57. The van der Waals surface area contributed by atoms with Crippen LogP contribution in [0.2, 0.25) is 0 Å². The molecule has 2 rings (SSSR count). The second kappa shape index (κ2) is 2.46. The predicted molar refractivity (Wildman–Crippen MR) is 46.7 cm³/mol. The Morgan fingerprint density at radius 3 is 3.00 bits per heavy atom. The molecule has 2 fully saturated rings. The maximum absolute atomic E-state index is 3.68. The first-order chi connectivity index (χ1) is 5.16. The van der Waals surface area contributed by atoms with Gasteiger partial charge in [0.15, 0.2) is 0 Å². The van der Waals surface area contributed by atoms with Gasteiger partial charge in [-0.2, -0.15) is 0 Å². The number of rotatable bonds is 0. The quantitative estimate of drug-likeness (QED) is 0.556. The number of fused-ring (bicyclic) bond motifs is 2. The van der Waals surface area contributed by atoms with Gasteiger partial charge in [-0.25, -0.2) is 0 Å². The zero-order chi connectivity index (χ0) is 7.90. The molecule has 2 atom stereocenters. The van der Waals surface area contributed by atoms with E-state index >= 15 is 0 Å². The Hall–Kier alpha value is -0.0800. The first kappa shape index (κ1) is 7.56. The zero-order valence-electron chi connectivity index (χ0n) is 7.56. The van der Waals surface area contributed by atoms with Crippen molar-refractivity contribution in [2.45, 2.75) is 38.3 Å². The lowest BCUT2D eigenvalue weighted by Crippen LogP contribution is -2.63. The van der Waals surface area contributed by atoms with Crippen LogP contribution in [0.15, 0.2) is 0 Å². The van der Waals surface area contributed by atoms with Crippen LogP contribution in [-0.2, 0) is 0 Å². The van der Waals surface area contributed by atoms with Crippen molar-refractivity contribution in [2.75, 3.05) is 19.6 Å². The van der Waals surface area contributed by atoms with Gasteiger partial charge in [0.2, 0.25) is 0 Å². The highest BCUT2D eigenvalue weighted by atomic mass is 15.2. The summed E-state index contributed by atoms with van der Waals surface area (Å²) in [7, 11) is 0. The normalized spacial score (nSPS) is 42.0. The summed E-state index contributed by atoms with van der Waals surface area (Å²) in [5.74, 6) is 0. The summed E-state index contributed by atoms with van der Waals surface area (Å²) >= 11 is 0. The molecule has 0 aliphatic carbocycles. The monoisotopic (exact) mass is 154 g/mol. The van der Waals surface area contributed by atoms with Crippen LogP contribution in [0, 0.1) is 0 Å². The van der Waals surface area contributed by atoms with Gasteiger partial charge in [0.25, 0.3) is 0 Å². The second-order valence-corrected chi connectivity index (χ2v) is 4.60. The van der Waals surface area contributed by atoms with Gasteiger partial charge in [-0.05, 0) is 33.2 Å². The van der Waals surface area contributed by atoms with Crippen LogP contribution in [0.3, 0.4) is 0 Å². The van der Waals surface area contributed by atoms with Crippen molar-refractivity contribution in [1.82, 2.24) is 10.2 Å². The van der Waals surface area contributed by atoms with E-state index in [1.807, 2.05) is 0 Å². The third-order valence-corrected chi connectivity index (χ3v) is 2.72. The summed E-state index contributed by atoms with van der Waals surface area (Å²) in [6.45, 7) is 8.43. The number of hydrogen-bond donors (Lipinski definition) is 1. The predicted octanol–water partition coefficient (Wildman–Crippen LogP) is 0.833. The molecule has 2 heteroatoms. The van der Waals surface area contributed by atoms with Crippen molar-refractivity contribution in [3.8, 4) is 0 Å². The minimum absolute atomic E-state index is 0.351. The summed E-state index contributed by atoms with van der Waals surface area (Å²) in [6, 6.07) is 0.771. The van der Waals surface area contributed by atoms with Gasteiger partial charge in [0.05, 0.1) is 0 Å². The maximum atomic E-state index is 3.68. The van der Waals surface area contributed by atoms with E-state index in [1.54, 1.807) is 0 Å². The molecule has 11 heavy (non-hydrogen) atoms. The van der Waals surface area contributed by atoms with Crippen LogP contribution in [0.25, 0.3) is 0 Å². The molecule has 0 aromatic carbocycles. The Morgan fingerprint density at radius 2 is 2.27 bits per heavy atom. The molecule has 0 amide bonds. The van der Waals surface area contributed by atoms with Gasteiger partial charge in [0, 0.05) is 24.7 Å². The van der Waals surface area contributed by atoms with E-state index in [0.717, 1.165) is 6.04 Å². The molecule has 0 spiro atoms. The number of nitrogens with one attached hydrogen (secondary N) is 1. The molecule has 2 aliphatic rings. The highest BCUT2D eigenvalue weighted by Crippen LogP contribution is 2.20. The topological polar surface area (TPSA) is 15.3 Å². The molecular weight excluding hydrogens is 136 g/mol. The van der Waals surface area contributed by atoms with Crippen molar-refractivity contribution in [2.24, 2.45) is 0 Å². The molecule has 0 saturated carbocycles.